The van der Waals surface area contributed by atoms with Gasteiger partial charge in [0.05, 0.1) is 18.6 Å². The summed E-state index contributed by atoms with van der Waals surface area (Å²) in [5.41, 5.74) is 1.76. The van der Waals surface area contributed by atoms with E-state index in [1.54, 1.807) is 12.0 Å². The number of ether oxygens (including phenoxy) is 1. The summed E-state index contributed by atoms with van der Waals surface area (Å²) in [4.78, 5) is 26.2. The molecule has 22 heavy (non-hydrogen) atoms. The van der Waals surface area contributed by atoms with Crippen molar-refractivity contribution in [2.75, 3.05) is 25.6 Å². The van der Waals surface area contributed by atoms with E-state index < -0.39 is 0 Å². The molecule has 1 aliphatic rings. The number of likely N-dealkylation sites (tertiary alicyclic amines) is 1. The summed E-state index contributed by atoms with van der Waals surface area (Å²) in [6, 6.07) is 5.68. The second-order valence-corrected chi connectivity index (χ2v) is 6.62. The maximum absolute atomic E-state index is 12.4. The summed E-state index contributed by atoms with van der Waals surface area (Å²) in [5.74, 6) is -0.405. The molecule has 1 aromatic rings. The molecule has 5 nitrogen and oxygen atoms in total. The van der Waals surface area contributed by atoms with Crippen LogP contribution in [0.15, 0.2) is 22.7 Å². The number of benzene rings is 1. The quantitative estimate of drug-likeness (QED) is 0.868. The summed E-state index contributed by atoms with van der Waals surface area (Å²) in [6.45, 7) is 4.80. The first-order valence-corrected chi connectivity index (χ1v) is 8.07. The van der Waals surface area contributed by atoms with Crippen LogP contribution in [0.1, 0.15) is 18.9 Å². The SMILES string of the molecule is COCC(C)N1CC(C(=O)Nc2ccc(Br)cc2C)CC1=O. The van der Waals surface area contributed by atoms with Crippen LogP contribution in [-0.2, 0) is 14.3 Å². The Balaban J connectivity index is 2.00. The summed E-state index contributed by atoms with van der Waals surface area (Å²) in [6.07, 6.45) is 0.259. The lowest BCUT2D eigenvalue weighted by molar-refractivity contribution is -0.130. The van der Waals surface area contributed by atoms with E-state index in [-0.39, 0.29) is 30.2 Å². The molecular weight excluding hydrogens is 348 g/mol. The molecule has 6 heteroatoms. The molecule has 0 saturated carbocycles. The first kappa shape index (κ1) is 17.0. The highest BCUT2D eigenvalue weighted by atomic mass is 79.9. The Labute approximate surface area is 139 Å². The average Bonchev–Trinajstić information content (AvgIpc) is 2.84. The number of aryl methyl sites for hydroxylation is 1. The number of nitrogens with zero attached hydrogens (tertiary/aromatic N) is 1. The van der Waals surface area contributed by atoms with Crippen molar-refractivity contribution >= 4 is 33.4 Å². The average molecular weight is 369 g/mol. The summed E-state index contributed by atoms with van der Waals surface area (Å²) in [7, 11) is 1.61. The van der Waals surface area contributed by atoms with E-state index >= 15 is 0 Å². The van der Waals surface area contributed by atoms with Crippen molar-refractivity contribution in [3.05, 3.63) is 28.2 Å². The maximum Gasteiger partial charge on any atom is 0.229 e. The van der Waals surface area contributed by atoms with Crippen LogP contribution in [0, 0.1) is 12.8 Å². The maximum atomic E-state index is 12.4. The van der Waals surface area contributed by atoms with Crippen molar-refractivity contribution in [2.45, 2.75) is 26.3 Å². The fraction of sp³-hybridized carbons (Fsp3) is 0.500. The van der Waals surface area contributed by atoms with Crippen molar-refractivity contribution in [1.82, 2.24) is 4.90 Å². The second-order valence-electron chi connectivity index (χ2n) is 5.70. The van der Waals surface area contributed by atoms with Crippen molar-refractivity contribution in [3.8, 4) is 0 Å². The molecular formula is C16H21BrN2O3. The van der Waals surface area contributed by atoms with Crippen molar-refractivity contribution in [3.63, 3.8) is 0 Å². The van der Waals surface area contributed by atoms with Gasteiger partial charge in [-0.3, -0.25) is 9.59 Å². The van der Waals surface area contributed by atoms with Crippen molar-refractivity contribution < 1.29 is 14.3 Å². The van der Waals surface area contributed by atoms with E-state index in [1.165, 1.54) is 0 Å². The predicted molar refractivity (Wildman–Crippen MR) is 88.7 cm³/mol. The number of halogens is 1. The van der Waals surface area contributed by atoms with Crippen LogP contribution < -0.4 is 5.32 Å². The van der Waals surface area contributed by atoms with Crippen LogP contribution in [0.25, 0.3) is 0 Å². The highest BCUT2D eigenvalue weighted by molar-refractivity contribution is 9.10. The first-order valence-electron chi connectivity index (χ1n) is 7.27. The Morgan fingerprint density at radius 1 is 1.55 bits per heavy atom. The topological polar surface area (TPSA) is 58.6 Å². The number of rotatable bonds is 5. The van der Waals surface area contributed by atoms with Gasteiger partial charge in [-0.25, -0.2) is 0 Å². The molecule has 1 aliphatic heterocycles. The van der Waals surface area contributed by atoms with Crippen LogP contribution in [0.3, 0.4) is 0 Å². The Kier molecular flexibility index (Phi) is 5.58. The first-order chi connectivity index (χ1) is 10.4. The highest BCUT2D eigenvalue weighted by Gasteiger charge is 2.36. The van der Waals surface area contributed by atoms with E-state index in [9.17, 15) is 9.59 Å². The van der Waals surface area contributed by atoms with Crippen LogP contribution in [0.4, 0.5) is 5.69 Å². The lowest BCUT2D eigenvalue weighted by atomic mass is 10.1. The third kappa shape index (κ3) is 3.87. The molecule has 0 radical (unpaired) electrons. The Hall–Kier alpha value is -1.40. The molecule has 1 heterocycles. The number of carbonyl (C=O) groups is 2. The lowest BCUT2D eigenvalue weighted by Crippen LogP contribution is -2.38. The van der Waals surface area contributed by atoms with Gasteiger partial charge in [0.2, 0.25) is 11.8 Å². The zero-order valence-electron chi connectivity index (χ0n) is 13.1. The molecule has 1 fully saturated rings. The molecule has 2 amide bonds. The normalized spacial score (nSPS) is 19.4. The number of amides is 2. The van der Waals surface area contributed by atoms with Gasteiger partial charge in [-0.05, 0) is 37.6 Å². The number of anilines is 1. The monoisotopic (exact) mass is 368 g/mol. The number of carbonyl (C=O) groups excluding carboxylic acids is 2. The van der Waals surface area contributed by atoms with Gasteiger partial charge in [-0.1, -0.05) is 15.9 Å². The van der Waals surface area contributed by atoms with Crippen LogP contribution in [0.5, 0.6) is 0 Å². The Bertz CT molecular complexity index is 577. The minimum Gasteiger partial charge on any atom is -0.383 e. The van der Waals surface area contributed by atoms with E-state index in [0.717, 1.165) is 15.7 Å². The largest absolute Gasteiger partial charge is 0.383 e. The van der Waals surface area contributed by atoms with Gasteiger partial charge in [0.1, 0.15) is 0 Å². The zero-order valence-corrected chi connectivity index (χ0v) is 14.6. The van der Waals surface area contributed by atoms with E-state index in [4.69, 9.17) is 4.74 Å². The molecule has 0 bridgehead atoms. The lowest BCUT2D eigenvalue weighted by Gasteiger charge is -2.24. The van der Waals surface area contributed by atoms with E-state index in [2.05, 4.69) is 21.2 Å². The fourth-order valence-electron chi connectivity index (χ4n) is 2.67. The summed E-state index contributed by atoms with van der Waals surface area (Å²) < 4.78 is 6.05. The minimum atomic E-state index is -0.310. The van der Waals surface area contributed by atoms with Crippen LogP contribution in [-0.4, -0.2) is 43.0 Å². The molecule has 1 aromatic carbocycles. The second kappa shape index (κ2) is 7.24. The zero-order chi connectivity index (χ0) is 16.3. The number of nitrogens with one attached hydrogen (secondary N) is 1. The standard InChI is InChI=1S/C16H21BrN2O3/c1-10-6-13(17)4-5-14(10)18-16(21)12-7-15(20)19(8-12)11(2)9-22-3/h4-6,11-12H,7-9H2,1-3H3,(H,18,21). The van der Waals surface area contributed by atoms with E-state index in [1.807, 2.05) is 32.0 Å². The van der Waals surface area contributed by atoms with Gasteiger partial charge < -0.3 is 15.0 Å². The van der Waals surface area contributed by atoms with Crippen LogP contribution in [0.2, 0.25) is 0 Å². The molecule has 2 rings (SSSR count). The van der Waals surface area contributed by atoms with E-state index in [0.29, 0.717) is 13.2 Å². The van der Waals surface area contributed by atoms with Gasteiger partial charge in [-0.15, -0.1) is 0 Å². The third-order valence-corrected chi connectivity index (χ3v) is 4.41. The molecule has 1 saturated heterocycles. The number of hydrogen-bond donors (Lipinski definition) is 1. The van der Waals surface area contributed by atoms with Gasteiger partial charge in [0.25, 0.3) is 0 Å². The molecule has 120 valence electrons. The molecule has 2 unspecified atom stereocenters. The summed E-state index contributed by atoms with van der Waals surface area (Å²) >= 11 is 3.40. The van der Waals surface area contributed by atoms with Gasteiger partial charge >= 0.3 is 0 Å². The summed E-state index contributed by atoms with van der Waals surface area (Å²) in [5, 5.41) is 2.92. The van der Waals surface area contributed by atoms with Crippen molar-refractivity contribution in [2.24, 2.45) is 5.92 Å². The van der Waals surface area contributed by atoms with Gasteiger partial charge in [0.15, 0.2) is 0 Å². The fourth-order valence-corrected chi connectivity index (χ4v) is 3.14. The van der Waals surface area contributed by atoms with Crippen LogP contribution >= 0.6 is 15.9 Å². The number of methoxy groups -OCH3 is 1. The van der Waals surface area contributed by atoms with Crippen molar-refractivity contribution in [1.29, 1.82) is 0 Å². The number of hydrogen-bond acceptors (Lipinski definition) is 3. The molecule has 0 aromatic heterocycles. The Morgan fingerprint density at radius 3 is 2.91 bits per heavy atom. The van der Waals surface area contributed by atoms with Gasteiger partial charge in [0, 0.05) is 30.2 Å². The Morgan fingerprint density at radius 2 is 2.27 bits per heavy atom. The molecule has 2 atom stereocenters. The smallest absolute Gasteiger partial charge is 0.229 e. The minimum absolute atomic E-state index is 0.00952. The molecule has 0 spiro atoms. The third-order valence-electron chi connectivity index (χ3n) is 3.92. The van der Waals surface area contributed by atoms with Gasteiger partial charge in [-0.2, -0.15) is 0 Å². The predicted octanol–water partition coefficient (Wildman–Crippen LogP) is 2.58. The molecule has 0 aliphatic carbocycles. The highest BCUT2D eigenvalue weighted by Crippen LogP contribution is 2.24. The molecule has 1 N–H and O–H groups in total.